The third-order valence-electron chi connectivity index (χ3n) is 4.01. The van der Waals surface area contributed by atoms with Gasteiger partial charge in [-0.25, -0.2) is 9.07 Å². The number of carbonyl (C=O) groups is 1. The monoisotopic (exact) mass is 401 g/mol. The number of thioether (sulfide) groups is 1. The molecule has 0 aliphatic rings. The summed E-state index contributed by atoms with van der Waals surface area (Å²) in [5, 5.41) is 11.3. The molecule has 7 nitrogen and oxygen atoms in total. The molecule has 1 amide bonds. The number of para-hydroxylation sites is 1. The number of rotatable bonds is 8. The normalized spacial score (nSPS) is 10.6. The Balaban J connectivity index is 1.50. The fraction of sp³-hybridized carbons (Fsp3) is 0.211. The number of amides is 1. The second-order valence-corrected chi connectivity index (χ2v) is 6.83. The van der Waals surface area contributed by atoms with Gasteiger partial charge in [0.05, 0.1) is 12.9 Å². The van der Waals surface area contributed by atoms with Gasteiger partial charge in [-0.1, -0.05) is 30.0 Å². The van der Waals surface area contributed by atoms with Crippen LogP contribution in [0.5, 0.6) is 5.75 Å². The Morgan fingerprint density at radius 1 is 1.21 bits per heavy atom. The average molecular weight is 401 g/mol. The first-order valence-corrected chi connectivity index (χ1v) is 9.55. The van der Waals surface area contributed by atoms with Gasteiger partial charge in [-0.3, -0.25) is 4.79 Å². The van der Waals surface area contributed by atoms with Crippen molar-refractivity contribution >= 4 is 17.7 Å². The maximum atomic E-state index is 13.0. The Hall–Kier alpha value is -3.07. The van der Waals surface area contributed by atoms with Gasteiger partial charge in [0.25, 0.3) is 0 Å². The summed E-state index contributed by atoms with van der Waals surface area (Å²) in [5.74, 6) is 6.89. The van der Waals surface area contributed by atoms with Gasteiger partial charge in [-0.15, -0.1) is 10.2 Å². The molecule has 28 heavy (non-hydrogen) atoms. The maximum Gasteiger partial charge on any atom is 0.230 e. The molecular weight excluding hydrogens is 381 g/mol. The summed E-state index contributed by atoms with van der Waals surface area (Å²) in [6.07, 6.45) is 0.669. The number of carbonyl (C=O) groups excluding carboxylic acids is 1. The Morgan fingerprint density at radius 2 is 1.96 bits per heavy atom. The fourth-order valence-electron chi connectivity index (χ4n) is 2.60. The number of ether oxygens (including phenoxy) is 1. The van der Waals surface area contributed by atoms with E-state index in [1.54, 1.807) is 19.2 Å². The predicted octanol–water partition coefficient (Wildman–Crippen LogP) is 2.26. The molecule has 0 atom stereocenters. The van der Waals surface area contributed by atoms with Gasteiger partial charge in [-0.05, 0) is 42.3 Å². The summed E-state index contributed by atoms with van der Waals surface area (Å²) < 4.78 is 19.6. The summed E-state index contributed by atoms with van der Waals surface area (Å²) in [4.78, 5) is 12.1. The van der Waals surface area contributed by atoms with E-state index >= 15 is 0 Å². The zero-order valence-corrected chi connectivity index (χ0v) is 16.1. The van der Waals surface area contributed by atoms with Crippen LogP contribution in [-0.2, 0) is 11.2 Å². The van der Waals surface area contributed by atoms with Crippen LogP contribution in [-0.4, -0.2) is 40.2 Å². The molecule has 0 saturated heterocycles. The summed E-state index contributed by atoms with van der Waals surface area (Å²) in [7, 11) is 1.62. The lowest BCUT2D eigenvalue weighted by molar-refractivity contribution is -0.118. The molecule has 0 unspecified atom stereocenters. The third-order valence-corrected chi connectivity index (χ3v) is 4.95. The summed E-state index contributed by atoms with van der Waals surface area (Å²) >= 11 is 1.18. The van der Waals surface area contributed by atoms with Crippen LogP contribution in [0, 0.1) is 5.82 Å². The molecule has 3 N–H and O–H groups in total. The molecule has 3 aromatic rings. The van der Waals surface area contributed by atoms with Gasteiger partial charge >= 0.3 is 0 Å². The molecule has 0 fully saturated rings. The molecule has 0 bridgehead atoms. The number of nitrogens with zero attached hydrogens (tertiary/aromatic N) is 3. The van der Waals surface area contributed by atoms with Crippen molar-refractivity contribution in [3.8, 4) is 17.1 Å². The van der Waals surface area contributed by atoms with Gasteiger partial charge in [-0.2, -0.15) is 0 Å². The van der Waals surface area contributed by atoms with Crippen molar-refractivity contribution in [2.24, 2.45) is 0 Å². The van der Waals surface area contributed by atoms with Crippen LogP contribution in [0.15, 0.2) is 53.7 Å². The minimum Gasteiger partial charge on any atom is -0.496 e. The van der Waals surface area contributed by atoms with Crippen molar-refractivity contribution in [1.29, 1.82) is 0 Å². The molecule has 0 aliphatic carbocycles. The van der Waals surface area contributed by atoms with Crippen LogP contribution in [0.1, 0.15) is 5.56 Å². The number of nitrogens with two attached hydrogens (primary N) is 1. The highest BCUT2D eigenvalue weighted by Gasteiger charge is 2.14. The second-order valence-electron chi connectivity index (χ2n) is 5.88. The highest BCUT2D eigenvalue weighted by Crippen LogP contribution is 2.21. The van der Waals surface area contributed by atoms with Crippen molar-refractivity contribution in [2.45, 2.75) is 11.6 Å². The van der Waals surface area contributed by atoms with Crippen molar-refractivity contribution in [3.05, 3.63) is 59.9 Å². The highest BCUT2D eigenvalue weighted by atomic mass is 32.2. The van der Waals surface area contributed by atoms with E-state index in [0.29, 0.717) is 29.5 Å². The van der Waals surface area contributed by atoms with E-state index in [9.17, 15) is 9.18 Å². The molecule has 0 spiro atoms. The molecule has 0 saturated carbocycles. The van der Waals surface area contributed by atoms with E-state index < -0.39 is 0 Å². The lowest BCUT2D eigenvalue weighted by atomic mass is 10.1. The van der Waals surface area contributed by atoms with Crippen LogP contribution < -0.4 is 15.9 Å². The first-order valence-electron chi connectivity index (χ1n) is 8.56. The number of aromatic nitrogens is 3. The van der Waals surface area contributed by atoms with E-state index in [0.717, 1.165) is 11.3 Å². The van der Waals surface area contributed by atoms with Gasteiger partial charge in [0, 0.05) is 12.1 Å². The molecule has 1 heterocycles. The number of nitrogen functional groups attached to an aromatic ring is 1. The van der Waals surface area contributed by atoms with Crippen LogP contribution in [0.3, 0.4) is 0 Å². The topological polar surface area (TPSA) is 95.1 Å². The Bertz CT molecular complexity index is 946. The van der Waals surface area contributed by atoms with E-state index in [-0.39, 0.29) is 17.5 Å². The molecule has 3 rings (SSSR count). The van der Waals surface area contributed by atoms with E-state index in [4.69, 9.17) is 10.6 Å². The number of hydrogen-bond donors (Lipinski definition) is 2. The predicted molar refractivity (Wildman–Crippen MR) is 106 cm³/mol. The van der Waals surface area contributed by atoms with Crippen molar-refractivity contribution in [1.82, 2.24) is 20.2 Å². The summed E-state index contributed by atoms with van der Waals surface area (Å²) in [6.45, 7) is 0.496. The van der Waals surface area contributed by atoms with E-state index in [2.05, 4.69) is 15.5 Å². The standard InChI is InChI=1S/C19H20FN5O2S/c1-27-16-5-3-2-4-13(16)10-11-22-17(26)12-28-19-24-23-18(25(19)21)14-6-8-15(20)9-7-14/h2-9H,10-12,21H2,1H3,(H,22,26). The number of hydrogen-bond acceptors (Lipinski definition) is 6. The molecule has 146 valence electrons. The van der Waals surface area contributed by atoms with Crippen LogP contribution >= 0.6 is 11.8 Å². The summed E-state index contributed by atoms with van der Waals surface area (Å²) in [5.41, 5.74) is 1.67. The van der Waals surface area contributed by atoms with Crippen molar-refractivity contribution in [2.75, 3.05) is 25.3 Å². The van der Waals surface area contributed by atoms with E-state index in [1.807, 2.05) is 24.3 Å². The second kappa shape index (κ2) is 9.23. The number of halogens is 1. The zero-order valence-electron chi connectivity index (χ0n) is 15.3. The first-order chi connectivity index (χ1) is 13.6. The average Bonchev–Trinajstić information content (AvgIpc) is 3.08. The van der Waals surface area contributed by atoms with Crippen LogP contribution in [0.4, 0.5) is 4.39 Å². The molecule has 0 radical (unpaired) electrons. The molecule has 1 aromatic heterocycles. The van der Waals surface area contributed by atoms with Crippen LogP contribution in [0.2, 0.25) is 0 Å². The van der Waals surface area contributed by atoms with Crippen LogP contribution in [0.25, 0.3) is 11.4 Å². The van der Waals surface area contributed by atoms with Gasteiger partial charge in [0.2, 0.25) is 11.1 Å². The zero-order chi connectivity index (χ0) is 19.9. The minimum absolute atomic E-state index is 0.133. The molecule has 2 aromatic carbocycles. The fourth-order valence-corrected chi connectivity index (χ4v) is 3.28. The highest BCUT2D eigenvalue weighted by molar-refractivity contribution is 7.99. The number of nitrogens with one attached hydrogen (secondary N) is 1. The Kier molecular flexibility index (Phi) is 6.49. The molecular formula is C19H20FN5O2S. The SMILES string of the molecule is COc1ccccc1CCNC(=O)CSc1nnc(-c2ccc(F)cc2)n1N. The smallest absolute Gasteiger partial charge is 0.230 e. The maximum absolute atomic E-state index is 13.0. The largest absolute Gasteiger partial charge is 0.496 e. The number of benzene rings is 2. The summed E-state index contributed by atoms with van der Waals surface area (Å²) in [6, 6.07) is 13.5. The minimum atomic E-state index is -0.341. The van der Waals surface area contributed by atoms with Gasteiger partial charge < -0.3 is 15.9 Å². The Labute approximate surface area is 166 Å². The van der Waals surface area contributed by atoms with Crippen molar-refractivity contribution in [3.63, 3.8) is 0 Å². The van der Waals surface area contributed by atoms with E-state index in [1.165, 1.54) is 28.6 Å². The molecule has 9 heteroatoms. The first kappa shape index (κ1) is 19.7. The number of methoxy groups -OCH3 is 1. The Morgan fingerprint density at radius 3 is 2.71 bits per heavy atom. The van der Waals surface area contributed by atoms with Crippen molar-refractivity contribution < 1.29 is 13.9 Å². The van der Waals surface area contributed by atoms with Gasteiger partial charge in [0.15, 0.2) is 5.82 Å². The lowest BCUT2D eigenvalue weighted by Gasteiger charge is -2.09. The molecule has 0 aliphatic heterocycles. The quantitative estimate of drug-likeness (QED) is 0.444. The van der Waals surface area contributed by atoms with Gasteiger partial charge in [0.1, 0.15) is 11.6 Å². The lowest BCUT2D eigenvalue weighted by Crippen LogP contribution is -2.27. The third kappa shape index (κ3) is 4.80.